The molecule has 6 heteroatoms. The fourth-order valence-electron chi connectivity index (χ4n) is 2.13. The van der Waals surface area contributed by atoms with Crippen molar-refractivity contribution >= 4 is 27.5 Å². The summed E-state index contributed by atoms with van der Waals surface area (Å²) in [5.41, 5.74) is 0.664. The summed E-state index contributed by atoms with van der Waals surface area (Å²) in [4.78, 5) is 30.5. The van der Waals surface area contributed by atoms with E-state index in [0.29, 0.717) is 11.9 Å². The zero-order chi connectivity index (χ0) is 15.8. The van der Waals surface area contributed by atoms with Gasteiger partial charge in [-0.2, -0.15) is 0 Å². The van der Waals surface area contributed by atoms with E-state index in [1.165, 1.54) is 22.2 Å². The van der Waals surface area contributed by atoms with Crippen LogP contribution in [0.5, 0.6) is 0 Å². The molecule has 2 aromatic heterocycles. The van der Waals surface area contributed by atoms with Gasteiger partial charge in [0.05, 0.1) is 11.7 Å². The monoisotopic (exact) mass is 307 g/mol. The van der Waals surface area contributed by atoms with Crippen LogP contribution in [0.25, 0.3) is 10.2 Å². The highest BCUT2D eigenvalue weighted by Gasteiger charge is 2.15. The Kier molecular flexibility index (Phi) is 4.18. The standard InChI is InChI=1S/C15H21N3O2S/c1-9-10(2)21-13-12(9)14(20)18(8-16-13)7-6-11(19)17-15(3,4)5/h8H,6-7H2,1-5H3,(H,17,19). The number of carbonyl (C=O) groups is 1. The van der Waals surface area contributed by atoms with Crippen LogP contribution in [-0.4, -0.2) is 21.0 Å². The minimum Gasteiger partial charge on any atom is -0.351 e. The number of hydrogen-bond donors (Lipinski definition) is 1. The van der Waals surface area contributed by atoms with Gasteiger partial charge < -0.3 is 5.32 Å². The molecule has 0 atom stereocenters. The molecule has 2 rings (SSSR count). The van der Waals surface area contributed by atoms with Crippen LogP contribution in [0.4, 0.5) is 0 Å². The van der Waals surface area contributed by atoms with Crippen LogP contribution in [-0.2, 0) is 11.3 Å². The highest BCUT2D eigenvalue weighted by atomic mass is 32.1. The van der Waals surface area contributed by atoms with Crippen LogP contribution in [0.15, 0.2) is 11.1 Å². The summed E-state index contributed by atoms with van der Waals surface area (Å²) < 4.78 is 1.52. The van der Waals surface area contributed by atoms with Crippen molar-refractivity contribution in [3.63, 3.8) is 0 Å². The number of aryl methyl sites for hydroxylation is 3. The molecular formula is C15H21N3O2S. The Morgan fingerprint density at radius 2 is 2.05 bits per heavy atom. The number of fused-ring (bicyclic) bond motifs is 1. The summed E-state index contributed by atoms with van der Waals surface area (Å²) in [6, 6.07) is 0. The van der Waals surface area contributed by atoms with Gasteiger partial charge in [-0.1, -0.05) is 0 Å². The fraction of sp³-hybridized carbons (Fsp3) is 0.533. The first-order chi connectivity index (χ1) is 9.69. The van der Waals surface area contributed by atoms with E-state index in [2.05, 4.69) is 10.3 Å². The first-order valence-electron chi connectivity index (χ1n) is 6.95. The van der Waals surface area contributed by atoms with E-state index in [1.54, 1.807) is 0 Å². The number of aromatic nitrogens is 2. The first-order valence-corrected chi connectivity index (χ1v) is 7.77. The molecule has 0 aliphatic carbocycles. The minimum absolute atomic E-state index is 0.0623. The molecule has 0 unspecified atom stereocenters. The van der Waals surface area contributed by atoms with Gasteiger partial charge >= 0.3 is 0 Å². The smallest absolute Gasteiger partial charge is 0.262 e. The molecular weight excluding hydrogens is 286 g/mol. The number of amides is 1. The van der Waals surface area contributed by atoms with Gasteiger partial charge in [0, 0.05) is 23.4 Å². The predicted octanol–water partition coefficient (Wildman–Crippen LogP) is 2.38. The number of rotatable bonds is 3. The first kappa shape index (κ1) is 15.7. The summed E-state index contributed by atoms with van der Waals surface area (Å²) in [6.45, 7) is 10.1. The van der Waals surface area contributed by atoms with Crippen LogP contribution in [0, 0.1) is 13.8 Å². The van der Waals surface area contributed by atoms with Crippen molar-refractivity contribution < 1.29 is 4.79 Å². The van der Waals surface area contributed by atoms with Crippen molar-refractivity contribution in [3.8, 4) is 0 Å². The van der Waals surface area contributed by atoms with Crippen molar-refractivity contribution in [2.24, 2.45) is 0 Å². The van der Waals surface area contributed by atoms with Crippen molar-refractivity contribution in [3.05, 3.63) is 27.1 Å². The van der Waals surface area contributed by atoms with Gasteiger partial charge in [0.2, 0.25) is 5.91 Å². The van der Waals surface area contributed by atoms with Gasteiger partial charge in [0.25, 0.3) is 5.56 Å². The average molecular weight is 307 g/mol. The molecule has 0 aliphatic rings. The molecule has 2 heterocycles. The zero-order valence-electron chi connectivity index (χ0n) is 13.1. The third-order valence-electron chi connectivity index (χ3n) is 3.25. The number of hydrogen-bond acceptors (Lipinski definition) is 4. The van der Waals surface area contributed by atoms with E-state index < -0.39 is 0 Å². The Morgan fingerprint density at radius 1 is 1.38 bits per heavy atom. The SMILES string of the molecule is Cc1sc2ncn(CCC(=O)NC(C)(C)C)c(=O)c2c1C. The largest absolute Gasteiger partial charge is 0.351 e. The third kappa shape index (κ3) is 3.50. The van der Waals surface area contributed by atoms with E-state index in [-0.39, 0.29) is 23.4 Å². The molecule has 2 aromatic rings. The van der Waals surface area contributed by atoms with Gasteiger partial charge in [-0.05, 0) is 40.2 Å². The lowest BCUT2D eigenvalue weighted by Crippen LogP contribution is -2.41. The molecule has 0 spiro atoms. The van der Waals surface area contributed by atoms with E-state index in [9.17, 15) is 9.59 Å². The molecule has 0 bridgehead atoms. The molecule has 114 valence electrons. The number of nitrogens with one attached hydrogen (secondary N) is 1. The van der Waals surface area contributed by atoms with Crippen LogP contribution >= 0.6 is 11.3 Å². The molecule has 0 fully saturated rings. The van der Waals surface area contributed by atoms with Crippen molar-refractivity contribution in [2.45, 2.75) is 53.1 Å². The molecule has 0 aromatic carbocycles. The second-order valence-corrected chi connectivity index (χ2v) is 7.46. The average Bonchev–Trinajstić information content (AvgIpc) is 2.63. The second-order valence-electron chi connectivity index (χ2n) is 6.25. The Balaban J connectivity index is 2.20. The third-order valence-corrected chi connectivity index (χ3v) is 4.37. The normalized spacial score (nSPS) is 11.9. The van der Waals surface area contributed by atoms with Crippen molar-refractivity contribution in [1.82, 2.24) is 14.9 Å². The van der Waals surface area contributed by atoms with Crippen molar-refractivity contribution in [1.29, 1.82) is 0 Å². The Labute approximate surface area is 128 Å². The summed E-state index contributed by atoms with van der Waals surface area (Å²) >= 11 is 1.53. The van der Waals surface area contributed by atoms with Gasteiger partial charge in [0.1, 0.15) is 4.83 Å². The molecule has 1 N–H and O–H groups in total. The summed E-state index contributed by atoms with van der Waals surface area (Å²) in [5, 5.41) is 3.57. The molecule has 0 radical (unpaired) electrons. The molecule has 5 nitrogen and oxygen atoms in total. The van der Waals surface area contributed by atoms with Crippen LogP contribution in [0.3, 0.4) is 0 Å². The minimum atomic E-state index is -0.259. The number of thiophene rings is 1. The van der Waals surface area contributed by atoms with E-state index >= 15 is 0 Å². The van der Waals surface area contributed by atoms with Crippen LogP contribution < -0.4 is 10.9 Å². The highest BCUT2D eigenvalue weighted by Crippen LogP contribution is 2.25. The maximum absolute atomic E-state index is 12.5. The lowest BCUT2D eigenvalue weighted by molar-refractivity contribution is -0.122. The predicted molar refractivity (Wildman–Crippen MR) is 85.9 cm³/mol. The van der Waals surface area contributed by atoms with E-state index in [4.69, 9.17) is 0 Å². The Hall–Kier alpha value is -1.69. The molecule has 0 saturated heterocycles. The van der Waals surface area contributed by atoms with E-state index in [1.807, 2.05) is 34.6 Å². The van der Waals surface area contributed by atoms with Crippen LogP contribution in [0.2, 0.25) is 0 Å². The molecule has 21 heavy (non-hydrogen) atoms. The van der Waals surface area contributed by atoms with Crippen molar-refractivity contribution in [2.75, 3.05) is 0 Å². The Bertz CT molecular complexity index is 738. The molecule has 1 amide bonds. The van der Waals surface area contributed by atoms with Gasteiger partial charge in [0.15, 0.2) is 0 Å². The second kappa shape index (κ2) is 5.60. The maximum Gasteiger partial charge on any atom is 0.262 e. The quantitative estimate of drug-likeness (QED) is 0.947. The van der Waals surface area contributed by atoms with Gasteiger partial charge in [-0.15, -0.1) is 11.3 Å². The number of carbonyl (C=O) groups excluding carboxylic acids is 1. The Morgan fingerprint density at radius 3 is 2.67 bits per heavy atom. The number of nitrogens with zero attached hydrogens (tertiary/aromatic N) is 2. The summed E-state index contributed by atoms with van der Waals surface area (Å²) in [6.07, 6.45) is 1.80. The summed E-state index contributed by atoms with van der Waals surface area (Å²) in [5.74, 6) is -0.0623. The zero-order valence-corrected chi connectivity index (χ0v) is 13.9. The lowest BCUT2D eigenvalue weighted by Gasteiger charge is -2.20. The maximum atomic E-state index is 12.5. The lowest BCUT2D eigenvalue weighted by atomic mass is 10.1. The molecule has 0 aliphatic heterocycles. The van der Waals surface area contributed by atoms with Gasteiger partial charge in [-0.3, -0.25) is 14.2 Å². The van der Waals surface area contributed by atoms with Gasteiger partial charge in [-0.25, -0.2) is 4.98 Å². The topological polar surface area (TPSA) is 64.0 Å². The van der Waals surface area contributed by atoms with E-state index in [0.717, 1.165) is 15.3 Å². The summed E-state index contributed by atoms with van der Waals surface area (Å²) in [7, 11) is 0. The van der Waals surface area contributed by atoms with Crippen LogP contribution in [0.1, 0.15) is 37.6 Å². The highest BCUT2D eigenvalue weighted by molar-refractivity contribution is 7.18. The molecule has 0 saturated carbocycles. The fourth-order valence-corrected chi connectivity index (χ4v) is 3.12.